The predicted octanol–water partition coefficient (Wildman–Crippen LogP) is 5.06. The van der Waals surface area contributed by atoms with Gasteiger partial charge >= 0.3 is 18.2 Å². The number of nitrogens with zero attached hydrogens (tertiary/aromatic N) is 1. The summed E-state index contributed by atoms with van der Waals surface area (Å²) < 4.78 is 50.7. The highest BCUT2D eigenvalue weighted by atomic mass is 19.4. The number of halogens is 3. The fraction of sp³-hybridized carbons (Fsp3) is 0.304. The number of alkyl halides is 3. The second-order valence-corrected chi connectivity index (χ2v) is 6.93. The summed E-state index contributed by atoms with van der Waals surface area (Å²) in [6.07, 6.45) is -3.58. The molecule has 2 aromatic carbocycles. The summed E-state index contributed by atoms with van der Waals surface area (Å²) >= 11 is 0. The molecule has 9 heteroatoms. The fourth-order valence-electron chi connectivity index (χ4n) is 3.40. The monoisotopic (exact) mass is 448 g/mol. The van der Waals surface area contributed by atoms with Gasteiger partial charge < -0.3 is 9.47 Å². The number of fused-ring (bicyclic) bond motifs is 1. The normalized spacial score (nSPS) is 12.5. The predicted molar refractivity (Wildman–Crippen MR) is 112 cm³/mol. The van der Waals surface area contributed by atoms with E-state index in [1.807, 2.05) is 0 Å². The molecule has 1 atom stereocenters. The standard InChI is InChI=1S/C23H23F3N2O4/c1-3-31-21(29)20(27-13-15-8-7-9-16(12-15)23(24,25)26)18-14-28(22(30)32-4-2)19-11-6-5-10-17(18)19/h5-12,14,20,27H,3-4,13H2,1-2H3. The highest BCUT2D eigenvalue weighted by molar-refractivity contribution is 5.95. The highest BCUT2D eigenvalue weighted by Gasteiger charge is 2.31. The largest absolute Gasteiger partial charge is 0.465 e. The summed E-state index contributed by atoms with van der Waals surface area (Å²) in [5.74, 6) is -0.605. The number of esters is 1. The van der Waals surface area contributed by atoms with Gasteiger partial charge in [-0.3, -0.25) is 9.88 Å². The van der Waals surface area contributed by atoms with Crippen molar-refractivity contribution >= 4 is 23.0 Å². The van der Waals surface area contributed by atoms with Gasteiger partial charge in [0, 0.05) is 23.7 Å². The van der Waals surface area contributed by atoms with Gasteiger partial charge in [0.1, 0.15) is 6.04 Å². The number of benzene rings is 2. The number of carbonyl (C=O) groups is 2. The Labute approximate surface area is 182 Å². The van der Waals surface area contributed by atoms with Crippen molar-refractivity contribution in [3.63, 3.8) is 0 Å². The Morgan fingerprint density at radius 1 is 1.03 bits per heavy atom. The molecule has 0 aliphatic heterocycles. The average Bonchev–Trinajstić information content (AvgIpc) is 3.14. The number of ether oxygens (including phenoxy) is 2. The Kier molecular flexibility index (Phi) is 7.19. The lowest BCUT2D eigenvalue weighted by Crippen LogP contribution is -2.30. The zero-order valence-corrected chi connectivity index (χ0v) is 17.6. The van der Waals surface area contributed by atoms with Crippen LogP contribution in [0.4, 0.5) is 18.0 Å². The van der Waals surface area contributed by atoms with Crippen LogP contribution in [0.25, 0.3) is 10.9 Å². The Bertz CT molecular complexity index is 1110. The van der Waals surface area contributed by atoms with E-state index in [-0.39, 0.29) is 19.8 Å². The molecule has 3 rings (SSSR count). The van der Waals surface area contributed by atoms with Crippen molar-refractivity contribution in [3.05, 3.63) is 71.4 Å². The second kappa shape index (κ2) is 9.86. The number of hydrogen-bond acceptors (Lipinski definition) is 5. The number of nitrogens with one attached hydrogen (secondary N) is 1. The molecule has 0 bridgehead atoms. The summed E-state index contributed by atoms with van der Waals surface area (Å²) in [5, 5.41) is 3.61. The van der Waals surface area contributed by atoms with E-state index in [9.17, 15) is 22.8 Å². The Hall–Kier alpha value is -3.33. The molecular weight excluding hydrogens is 425 g/mol. The van der Waals surface area contributed by atoms with Crippen molar-refractivity contribution in [2.24, 2.45) is 0 Å². The van der Waals surface area contributed by atoms with Crippen LogP contribution in [0.2, 0.25) is 0 Å². The minimum absolute atomic E-state index is 0.0215. The molecule has 0 saturated heterocycles. The molecule has 0 fully saturated rings. The lowest BCUT2D eigenvalue weighted by molar-refractivity contribution is -0.146. The maximum Gasteiger partial charge on any atom is 0.418 e. The zero-order chi connectivity index (χ0) is 23.3. The van der Waals surface area contributed by atoms with Crippen LogP contribution in [0.5, 0.6) is 0 Å². The Morgan fingerprint density at radius 3 is 2.44 bits per heavy atom. The van der Waals surface area contributed by atoms with Gasteiger partial charge in [-0.2, -0.15) is 13.2 Å². The molecule has 1 N–H and O–H groups in total. The van der Waals surface area contributed by atoms with Crippen molar-refractivity contribution in [2.45, 2.75) is 32.6 Å². The summed E-state index contributed by atoms with van der Waals surface area (Å²) in [6, 6.07) is 10.8. The van der Waals surface area contributed by atoms with E-state index < -0.39 is 29.8 Å². The molecule has 170 valence electrons. The van der Waals surface area contributed by atoms with Gasteiger partial charge in [-0.1, -0.05) is 36.4 Å². The van der Waals surface area contributed by atoms with Crippen LogP contribution < -0.4 is 5.32 Å². The summed E-state index contributed by atoms with van der Waals surface area (Å²) in [5.41, 5.74) is 0.571. The molecular formula is C23H23F3N2O4. The third-order valence-electron chi connectivity index (χ3n) is 4.81. The topological polar surface area (TPSA) is 69.6 Å². The van der Waals surface area contributed by atoms with E-state index >= 15 is 0 Å². The average molecular weight is 448 g/mol. The first-order valence-corrected chi connectivity index (χ1v) is 10.1. The van der Waals surface area contributed by atoms with Crippen LogP contribution in [0.3, 0.4) is 0 Å². The lowest BCUT2D eigenvalue weighted by Gasteiger charge is -2.18. The summed E-state index contributed by atoms with van der Waals surface area (Å²) in [7, 11) is 0. The lowest BCUT2D eigenvalue weighted by atomic mass is 10.0. The first kappa shape index (κ1) is 23.3. The number of carbonyl (C=O) groups excluding carboxylic acids is 2. The van der Waals surface area contributed by atoms with Gasteiger partial charge in [-0.15, -0.1) is 0 Å². The van der Waals surface area contributed by atoms with Gasteiger partial charge in [0.2, 0.25) is 0 Å². The molecule has 3 aromatic rings. The quantitative estimate of drug-likeness (QED) is 0.512. The van der Waals surface area contributed by atoms with E-state index in [0.717, 1.165) is 12.1 Å². The van der Waals surface area contributed by atoms with Crippen molar-refractivity contribution < 1.29 is 32.2 Å². The van der Waals surface area contributed by atoms with Crippen LogP contribution in [0.1, 0.15) is 36.6 Å². The number of para-hydroxylation sites is 1. The molecule has 6 nitrogen and oxygen atoms in total. The van der Waals surface area contributed by atoms with Crippen LogP contribution in [0.15, 0.2) is 54.7 Å². The first-order chi connectivity index (χ1) is 15.3. The fourth-order valence-corrected chi connectivity index (χ4v) is 3.40. The Morgan fingerprint density at radius 2 is 1.75 bits per heavy atom. The van der Waals surface area contributed by atoms with Gasteiger partial charge in [-0.05, 0) is 31.5 Å². The van der Waals surface area contributed by atoms with Gasteiger partial charge in [-0.25, -0.2) is 9.59 Å². The van der Waals surface area contributed by atoms with Crippen LogP contribution in [-0.4, -0.2) is 29.8 Å². The molecule has 0 aliphatic carbocycles. The molecule has 32 heavy (non-hydrogen) atoms. The smallest absolute Gasteiger partial charge is 0.418 e. The minimum atomic E-state index is -4.47. The van der Waals surface area contributed by atoms with E-state index in [1.165, 1.54) is 22.9 Å². The number of rotatable bonds is 7. The maximum absolute atomic E-state index is 13.0. The third kappa shape index (κ3) is 5.11. The van der Waals surface area contributed by atoms with E-state index in [2.05, 4.69) is 5.32 Å². The van der Waals surface area contributed by atoms with Crippen molar-refractivity contribution in [3.8, 4) is 0 Å². The minimum Gasteiger partial charge on any atom is -0.465 e. The van der Waals surface area contributed by atoms with Gasteiger partial charge in [0.05, 0.1) is 24.3 Å². The molecule has 1 unspecified atom stereocenters. The molecule has 0 aliphatic rings. The molecule has 1 heterocycles. The summed E-state index contributed by atoms with van der Waals surface area (Å²) in [6.45, 7) is 3.62. The molecule has 0 saturated carbocycles. The summed E-state index contributed by atoms with van der Waals surface area (Å²) in [4.78, 5) is 25.1. The van der Waals surface area contributed by atoms with Crippen LogP contribution in [0, 0.1) is 0 Å². The molecule has 0 amide bonds. The second-order valence-electron chi connectivity index (χ2n) is 6.93. The van der Waals surface area contributed by atoms with Crippen molar-refractivity contribution in [1.82, 2.24) is 9.88 Å². The maximum atomic E-state index is 13.0. The van der Waals surface area contributed by atoms with Gasteiger partial charge in [0.25, 0.3) is 0 Å². The van der Waals surface area contributed by atoms with Crippen LogP contribution >= 0.6 is 0 Å². The SMILES string of the molecule is CCOC(=O)C(NCc1cccc(C(F)(F)F)c1)c1cn(C(=O)OCC)c2ccccc12. The molecule has 0 radical (unpaired) electrons. The third-order valence-corrected chi connectivity index (χ3v) is 4.81. The van der Waals surface area contributed by atoms with E-state index in [0.29, 0.717) is 22.0 Å². The van der Waals surface area contributed by atoms with E-state index in [4.69, 9.17) is 9.47 Å². The van der Waals surface area contributed by atoms with Crippen LogP contribution in [-0.2, 0) is 27.0 Å². The molecule has 1 aromatic heterocycles. The van der Waals surface area contributed by atoms with Crippen molar-refractivity contribution in [1.29, 1.82) is 0 Å². The Balaban J connectivity index is 1.98. The van der Waals surface area contributed by atoms with Crippen molar-refractivity contribution in [2.75, 3.05) is 13.2 Å². The van der Waals surface area contributed by atoms with E-state index in [1.54, 1.807) is 38.1 Å². The highest BCUT2D eigenvalue weighted by Crippen LogP contribution is 2.31. The molecule has 0 spiro atoms. The number of hydrogen-bond donors (Lipinski definition) is 1. The number of aromatic nitrogens is 1. The zero-order valence-electron chi connectivity index (χ0n) is 17.6. The first-order valence-electron chi connectivity index (χ1n) is 10.1. The van der Waals surface area contributed by atoms with Gasteiger partial charge in [0.15, 0.2) is 0 Å².